The summed E-state index contributed by atoms with van der Waals surface area (Å²) in [7, 11) is 2.08. The largest absolute Gasteiger partial charge is 0.464 e. The molecule has 3 heterocycles. The molecule has 1 aromatic heterocycles. The summed E-state index contributed by atoms with van der Waals surface area (Å²) in [4.78, 5) is 20.6. The number of cyclic esters (lactones) is 1. The van der Waals surface area contributed by atoms with E-state index >= 15 is 0 Å². The molecule has 22 heavy (non-hydrogen) atoms. The first-order valence-corrected chi connectivity index (χ1v) is 7.98. The Bertz CT molecular complexity index is 531. The summed E-state index contributed by atoms with van der Waals surface area (Å²) < 4.78 is 10.3. The number of likely N-dealkylation sites (N-methyl/N-ethyl adjacent to an activating group) is 1. The van der Waals surface area contributed by atoms with Crippen molar-refractivity contribution in [2.45, 2.75) is 51.2 Å². The Hall–Kier alpha value is -1.47. The van der Waals surface area contributed by atoms with E-state index in [9.17, 15) is 4.79 Å². The zero-order chi connectivity index (χ0) is 15.7. The maximum absolute atomic E-state index is 11.7. The Morgan fingerprint density at radius 1 is 1.41 bits per heavy atom. The van der Waals surface area contributed by atoms with Crippen molar-refractivity contribution in [3.05, 3.63) is 11.7 Å². The highest BCUT2D eigenvalue weighted by Gasteiger charge is 2.37. The number of likely N-dealkylation sites (tertiary alicyclic amines) is 1. The molecule has 0 bridgehead atoms. The smallest absolute Gasteiger partial charge is 0.323 e. The van der Waals surface area contributed by atoms with Crippen molar-refractivity contribution in [1.82, 2.24) is 19.9 Å². The molecule has 2 saturated heterocycles. The molecule has 2 aliphatic heterocycles. The average Bonchev–Trinajstić information content (AvgIpc) is 3.17. The van der Waals surface area contributed by atoms with Gasteiger partial charge in [0.25, 0.3) is 0 Å². The van der Waals surface area contributed by atoms with Crippen LogP contribution in [0.5, 0.6) is 0 Å². The number of hydrogen-bond acceptors (Lipinski definition) is 7. The quantitative estimate of drug-likeness (QED) is 0.752. The lowest BCUT2D eigenvalue weighted by molar-refractivity contribution is -0.142. The molecule has 0 aromatic carbocycles. The number of hydrogen-bond donors (Lipinski definition) is 0. The Balaban J connectivity index is 1.54. The molecule has 0 unspecified atom stereocenters. The lowest BCUT2D eigenvalue weighted by Crippen LogP contribution is -2.40. The fourth-order valence-electron chi connectivity index (χ4n) is 3.15. The highest BCUT2D eigenvalue weighted by molar-refractivity contribution is 5.77. The monoisotopic (exact) mass is 308 g/mol. The van der Waals surface area contributed by atoms with Crippen molar-refractivity contribution in [2.24, 2.45) is 0 Å². The molecule has 7 heteroatoms. The molecule has 122 valence electrons. The molecule has 3 rings (SSSR count). The fraction of sp³-hybridized carbons (Fsp3) is 0.800. The number of nitrogens with zero attached hydrogens (tertiary/aromatic N) is 4. The van der Waals surface area contributed by atoms with E-state index in [0.29, 0.717) is 25.1 Å². The second-order valence-electron chi connectivity index (χ2n) is 6.53. The molecule has 0 N–H and O–H groups in total. The summed E-state index contributed by atoms with van der Waals surface area (Å²) in [5.41, 5.74) is 0. The Labute approximate surface area is 130 Å². The van der Waals surface area contributed by atoms with Crippen LogP contribution in [-0.2, 0) is 16.1 Å². The van der Waals surface area contributed by atoms with E-state index in [2.05, 4.69) is 27.0 Å². The molecule has 0 amide bonds. The Morgan fingerprint density at radius 3 is 2.86 bits per heavy atom. The number of carbonyl (C=O) groups is 1. The Kier molecular flexibility index (Phi) is 4.44. The van der Waals surface area contributed by atoms with Crippen LogP contribution in [-0.4, -0.2) is 64.7 Å². The highest BCUT2D eigenvalue weighted by Crippen LogP contribution is 2.23. The molecule has 0 saturated carbocycles. The van der Waals surface area contributed by atoms with Crippen molar-refractivity contribution in [3.63, 3.8) is 0 Å². The van der Waals surface area contributed by atoms with Crippen LogP contribution in [0.15, 0.2) is 4.52 Å². The van der Waals surface area contributed by atoms with Gasteiger partial charge in [-0.15, -0.1) is 0 Å². The lowest BCUT2D eigenvalue weighted by Gasteiger charge is -2.24. The first-order valence-electron chi connectivity index (χ1n) is 7.98. The molecule has 1 aromatic rings. The Morgan fingerprint density at radius 2 is 2.23 bits per heavy atom. The summed E-state index contributed by atoms with van der Waals surface area (Å²) >= 11 is 0. The summed E-state index contributed by atoms with van der Waals surface area (Å²) in [6.45, 7) is 7.14. The third-order valence-corrected chi connectivity index (χ3v) is 4.54. The van der Waals surface area contributed by atoms with Crippen LogP contribution in [0.2, 0.25) is 0 Å². The second-order valence-corrected chi connectivity index (χ2v) is 6.53. The number of rotatable bonds is 5. The average molecular weight is 308 g/mol. The third kappa shape index (κ3) is 3.15. The van der Waals surface area contributed by atoms with Gasteiger partial charge in [0.15, 0.2) is 5.82 Å². The van der Waals surface area contributed by atoms with Gasteiger partial charge in [0.05, 0.1) is 13.2 Å². The van der Waals surface area contributed by atoms with Crippen LogP contribution in [0.25, 0.3) is 0 Å². The van der Waals surface area contributed by atoms with E-state index in [1.54, 1.807) is 0 Å². The number of aromatic nitrogens is 2. The molecule has 7 nitrogen and oxygen atoms in total. The van der Waals surface area contributed by atoms with E-state index in [1.807, 2.05) is 13.8 Å². The molecule has 2 aliphatic rings. The van der Waals surface area contributed by atoms with Crippen LogP contribution < -0.4 is 0 Å². The SMILES string of the molecule is CC(C)c1nc(CN(C)[C@@H]2CCN([C@@H]3CCOC3=O)C2)no1. The molecule has 0 spiro atoms. The van der Waals surface area contributed by atoms with Gasteiger partial charge in [-0.25, -0.2) is 0 Å². The van der Waals surface area contributed by atoms with Gasteiger partial charge in [-0.05, 0) is 13.5 Å². The van der Waals surface area contributed by atoms with E-state index in [0.717, 1.165) is 31.8 Å². The maximum Gasteiger partial charge on any atom is 0.323 e. The first kappa shape index (κ1) is 15.4. The standard InChI is InChI=1S/C15H24N4O3/c1-10(2)14-16-13(17-22-14)9-18(3)11-4-6-19(8-11)12-5-7-21-15(12)20/h10-12H,4-9H2,1-3H3/t11-,12-/m1/s1. The molecular weight excluding hydrogens is 284 g/mol. The summed E-state index contributed by atoms with van der Waals surface area (Å²) in [5, 5.41) is 4.04. The van der Waals surface area contributed by atoms with E-state index in [4.69, 9.17) is 9.26 Å². The second kappa shape index (κ2) is 6.34. The van der Waals surface area contributed by atoms with Crippen molar-refractivity contribution in [2.75, 3.05) is 26.7 Å². The van der Waals surface area contributed by atoms with Gasteiger partial charge in [0, 0.05) is 31.5 Å². The predicted octanol–water partition coefficient (Wildman–Crippen LogP) is 1.01. The van der Waals surface area contributed by atoms with Gasteiger partial charge in [-0.1, -0.05) is 19.0 Å². The molecule has 2 atom stereocenters. The van der Waals surface area contributed by atoms with Crippen LogP contribution in [0.3, 0.4) is 0 Å². The van der Waals surface area contributed by atoms with Crippen LogP contribution in [0.1, 0.15) is 44.3 Å². The van der Waals surface area contributed by atoms with Gasteiger partial charge < -0.3 is 9.26 Å². The minimum absolute atomic E-state index is 0.0453. The van der Waals surface area contributed by atoms with Gasteiger partial charge >= 0.3 is 5.97 Å². The third-order valence-electron chi connectivity index (χ3n) is 4.54. The van der Waals surface area contributed by atoms with Crippen LogP contribution in [0.4, 0.5) is 0 Å². The number of esters is 1. The normalized spacial score (nSPS) is 26.3. The lowest BCUT2D eigenvalue weighted by atomic mass is 10.2. The minimum Gasteiger partial charge on any atom is -0.464 e. The predicted molar refractivity (Wildman–Crippen MR) is 79.2 cm³/mol. The first-order chi connectivity index (χ1) is 10.5. The zero-order valence-electron chi connectivity index (χ0n) is 13.5. The minimum atomic E-state index is -0.0666. The van der Waals surface area contributed by atoms with Gasteiger partial charge in [0.2, 0.25) is 5.89 Å². The molecule has 0 aliphatic carbocycles. The number of ether oxygens (including phenoxy) is 1. The summed E-state index contributed by atoms with van der Waals surface area (Å²) in [5.74, 6) is 1.60. The van der Waals surface area contributed by atoms with Crippen LogP contribution >= 0.6 is 0 Å². The van der Waals surface area contributed by atoms with Crippen molar-refractivity contribution < 1.29 is 14.1 Å². The van der Waals surface area contributed by atoms with Crippen LogP contribution in [0, 0.1) is 0 Å². The molecule has 2 fully saturated rings. The van der Waals surface area contributed by atoms with Crippen molar-refractivity contribution in [3.8, 4) is 0 Å². The van der Waals surface area contributed by atoms with Crippen molar-refractivity contribution >= 4 is 5.97 Å². The number of carbonyl (C=O) groups excluding carboxylic acids is 1. The summed E-state index contributed by atoms with van der Waals surface area (Å²) in [6, 6.07) is 0.366. The van der Waals surface area contributed by atoms with Crippen molar-refractivity contribution in [1.29, 1.82) is 0 Å². The van der Waals surface area contributed by atoms with Gasteiger partial charge in [0.1, 0.15) is 6.04 Å². The molecular formula is C15H24N4O3. The van der Waals surface area contributed by atoms with E-state index < -0.39 is 0 Å². The maximum atomic E-state index is 11.7. The zero-order valence-corrected chi connectivity index (χ0v) is 13.5. The van der Waals surface area contributed by atoms with E-state index in [-0.39, 0.29) is 17.9 Å². The molecule has 0 radical (unpaired) electrons. The topological polar surface area (TPSA) is 71.7 Å². The van der Waals surface area contributed by atoms with Gasteiger partial charge in [-0.2, -0.15) is 4.98 Å². The van der Waals surface area contributed by atoms with E-state index in [1.165, 1.54) is 0 Å². The fourth-order valence-corrected chi connectivity index (χ4v) is 3.15. The van der Waals surface area contributed by atoms with Gasteiger partial charge in [-0.3, -0.25) is 14.6 Å². The highest BCUT2D eigenvalue weighted by atomic mass is 16.5. The summed E-state index contributed by atoms with van der Waals surface area (Å²) in [6.07, 6.45) is 1.87.